The van der Waals surface area contributed by atoms with Gasteiger partial charge in [0.05, 0.1) is 17.4 Å². The summed E-state index contributed by atoms with van der Waals surface area (Å²) in [6.45, 7) is 0. The molecule has 0 bridgehead atoms. The number of rotatable bonds is 0. The van der Waals surface area contributed by atoms with E-state index >= 15 is 0 Å². The van der Waals surface area contributed by atoms with E-state index in [1.165, 1.54) is 32.4 Å². The van der Waals surface area contributed by atoms with E-state index < -0.39 is 0 Å². The van der Waals surface area contributed by atoms with E-state index in [1.807, 2.05) is 0 Å². The van der Waals surface area contributed by atoms with Crippen molar-refractivity contribution in [1.82, 2.24) is 0 Å². The molecule has 0 fully saturated rings. The summed E-state index contributed by atoms with van der Waals surface area (Å²) in [5.41, 5.74) is 0. The first-order valence-electron chi connectivity index (χ1n) is 0.471. The zero-order chi connectivity index (χ0) is 4.00. The summed E-state index contributed by atoms with van der Waals surface area (Å²) in [6.07, 6.45) is 0. The zero-order valence-electron chi connectivity index (χ0n) is 5.68. The molecule has 0 amide bonds. The van der Waals surface area contributed by atoms with Crippen LogP contribution in [0.25, 0.3) is 0 Å². The first-order chi connectivity index (χ1) is 2.00. The summed E-state index contributed by atoms with van der Waals surface area (Å²) < 4.78 is 16.3. The van der Waals surface area contributed by atoms with Crippen molar-refractivity contribution in [3.05, 3.63) is 0 Å². The molecule has 14 heavy (non-hydrogen) atoms. The summed E-state index contributed by atoms with van der Waals surface area (Å²) in [6, 6.07) is 0. The number of hydrogen-bond donors (Lipinski definition) is 0. The minimum atomic E-state index is 0. The minimum absolute atomic E-state index is 0. The Morgan fingerprint density at radius 2 is 0.571 bits per heavy atom. The second-order valence-corrected chi connectivity index (χ2v) is 0. The van der Waals surface area contributed by atoms with Gasteiger partial charge >= 0.3 is 40.1 Å². The molecule has 0 unspecified atom stereocenters. The summed E-state index contributed by atoms with van der Waals surface area (Å²) in [7, 11) is 0. The van der Waals surface area contributed by atoms with E-state index in [1.54, 1.807) is 0 Å². The van der Waals surface area contributed by atoms with Gasteiger partial charge in [0.2, 0.25) is 0 Å². The second-order valence-electron chi connectivity index (χ2n) is 0. The molecule has 0 aliphatic rings. The molecule has 86 valence electrons. The summed E-state index contributed by atoms with van der Waals surface area (Å²) in [5, 5.41) is 0. The first kappa shape index (κ1) is 186. The van der Waals surface area contributed by atoms with E-state index in [9.17, 15) is 0 Å². The normalized spacial score (nSPS) is 0.429. The van der Waals surface area contributed by atoms with Gasteiger partial charge in [-0.05, 0) is 0 Å². The van der Waals surface area contributed by atoms with Crippen molar-refractivity contribution < 1.29 is 18.6 Å². The van der Waals surface area contributed by atoms with Crippen molar-refractivity contribution in [2.45, 2.75) is 29.7 Å². The van der Waals surface area contributed by atoms with Crippen LogP contribution in [-0.4, -0.2) is 113 Å². The Morgan fingerprint density at radius 1 is 0.571 bits per heavy atom. The summed E-state index contributed by atoms with van der Waals surface area (Å²) in [4.78, 5) is 0. The average Bonchev–Trinajstić information content (AvgIpc) is 1.50. The van der Waals surface area contributed by atoms with Gasteiger partial charge in [0.25, 0.3) is 0 Å². The molecule has 0 rings (SSSR count). The molecule has 4 nitrogen and oxygen atoms in total. The monoisotopic (exact) mass is 302 g/mol. The van der Waals surface area contributed by atoms with Crippen molar-refractivity contribution in [2.75, 3.05) is 0 Å². The fourth-order valence-corrected chi connectivity index (χ4v) is 0. The van der Waals surface area contributed by atoms with Gasteiger partial charge in [-0.3, -0.25) is 0 Å². The molecule has 0 aliphatic carbocycles. The van der Waals surface area contributed by atoms with Crippen LogP contribution in [-0.2, 0) is 7.61 Å². The molecule has 0 aromatic rings. The quantitative estimate of drug-likeness (QED) is 0.429. The van der Waals surface area contributed by atoms with Crippen molar-refractivity contribution in [3.8, 4) is 0 Å². The van der Waals surface area contributed by atoms with Gasteiger partial charge in [-0.25, -0.2) is 0 Å². The maximum atomic E-state index is 8.17. The van der Waals surface area contributed by atoms with E-state index in [4.69, 9.17) is 7.61 Å². The van der Waals surface area contributed by atoms with E-state index in [0.717, 1.165) is 0 Å². The Morgan fingerprint density at radius 3 is 0.571 bits per heavy atom. The number of hydrogen-bond acceptors (Lipinski definition) is 2. The van der Waals surface area contributed by atoms with Crippen LogP contribution >= 0.6 is 0 Å². The predicted molar refractivity (Wildman–Crippen MR) is 81.2 cm³/mol. The third kappa shape index (κ3) is 376. The molecule has 0 atom stereocenters. The van der Waals surface area contributed by atoms with Crippen LogP contribution < -0.4 is 0 Å². The van der Waals surface area contributed by atoms with Gasteiger partial charge in [-0.15, -0.1) is 0 Å². The van der Waals surface area contributed by atoms with Gasteiger partial charge in [0.1, 0.15) is 34.7 Å². The van der Waals surface area contributed by atoms with Crippen molar-refractivity contribution in [3.63, 3.8) is 0 Å². The molecule has 0 saturated heterocycles. The van der Waals surface area contributed by atoms with E-state index in [0.29, 0.717) is 0 Å². The second kappa shape index (κ2) is 462. The molecule has 4 N–H and O–H groups in total. The zero-order valence-corrected chi connectivity index (χ0v) is 13.4. The van der Waals surface area contributed by atoms with Gasteiger partial charge in [0.15, 0.2) is 17.4 Å². The van der Waals surface area contributed by atoms with Crippen LogP contribution in [0.4, 0.5) is 0 Å². The third-order valence-corrected chi connectivity index (χ3v) is 0. The van der Waals surface area contributed by atoms with Gasteiger partial charge in [0, 0.05) is 0 Å². The topological polar surface area (TPSA) is 97.1 Å². The summed E-state index contributed by atoms with van der Waals surface area (Å²) >= 11 is 2.33. The molecular weight excluding hydrogens is 274 g/mol. The average molecular weight is 302 g/mol. The molecule has 0 aliphatic heterocycles. The molecule has 10 heteroatoms. The standard InChI is InChI=1S/4CH4.6Al.2H2O.2O.8H/h4*1H4;;;;;;;2*1H2;;;;;;;;;;. The Balaban J connectivity index is -0.000000000333. The van der Waals surface area contributed by atoms with Crippen molar-refractivity contribution >= 4 is 102 Å². The fourth-order valence-electron chi connectivity index (χ4n) is 0. The Hall–Kier alpha value is 2.71. The molecule has 0 aromatic heterocycles. The Labute approximate surface area is 148 Å². The van der Waals surface area contributed by atoms with Crippen LogP contribution in [0.1, 0.15) is 29.7 Å². The van der Waals surface area contributed by atoms with Crippen molar-refractivity contribution in [1.29, 1.82) is 0 Å². The summed E-state index contributed by atoms with van der Waals surface area (Å²) in [5.74, 6) is 0. The molecule has 0 saturated carbocycles. The fraction of sp³-hybridized carbons (Fsp3) is 1.00. The van der Waals surface area contributed by atoms with Crippen LogP contribution in [0.2, 0.25) is 0 Å². The van der Waals surface area contributed by atoms with Crippen LogP contribution in [0, 0.1) is 0 Å². The Kier molecular flexibility index (Phi) is 6120. The molecule has 0 heterocycles. The van der Waals surface area contributed by atoms with Crippen LogP contribution in [0.3, 0.4) is 0 Å². The molecular formula is C4H28Al6O4. The predicted octanol–water partition coefficient (Wildman–Crippen LogP) is -3.77. The van der Waals surface area contributed by atoms with Crippen LogP contribution in [0.15, 0.2) is 0 Å². The SMILES string of the molecule is C.C.C.C.O.O.[AlH2].[AlH2].[AlH3].[AlH].[O]=[Al].[O]=[Al]. The van der Waals surface area contributed by atoms with Crippen molar-refractivity contribution in [2.24, 2.45) is 0 Å². The maximum absolute atomic E-state index is 8.17. The third-order valence-electron chi connectivity index (χ3n) is 0. The molecule has 0 spiro atoms. The van der Waals surface area contributed by atoms with Gasteiger partial charge < -0.3 is 11.0 Å². The van der Waals surface area contributed by atoms with E-state index in [2.05, 4.69) is 0 Å². The Bertz CT molecular complexity index is 23.8. The molecule has 6 radical (unpaired) electrons. The van der Waals surface area contributed by atoms with Crippen LogP contribution in [0.5, 0.6) is 0 Å². The van der Waals surface area contributed by atoms with E-state index in [-0.39, 0.29) is 110 Å². The van der Waals surface area contributed by atoms with Gasteiger partial charge in [-0.2, -0.15) is 0 Å². The molecule has 0 aromatic carbocycles. The van der Waals surface area contributed by atoms with Gasteiger partial charge in [-0.1, -0.05) is 29.7 Å². The first-order valence-corrected chi connectivity index (χ1v) is 1.41.